The summed E-state index contributed by atoms with van der Waals surface area (Å²) in [5, 5.41) is 0.796. The lowest BCUT2D eigenvalue weighted by Crippen LogP contribution is -2.20. The lowest BCUT2D eigenvalue weighted by molar-refractivity contribution is -0.137. The smallest absolute Gasteiger partial charge is 0.348 e. The summed E-state index contributed by atoms with van der Waals surface area (Å²) >= 11 is 1.27. The van der Waals surface area contributed by atoms with Gasteiger partial charge in [-0.2, -0.15) is 13.2 Å². The van der Waals surface area contributed by atoms with Crippen molar-refractivity contribution in [3.05, 3.63) is 46.5 Å². The van der Waals surface area contributed by atoms with E-state index in [0.717, 1.165) is 30.4 Å². The molecule has 7 heteroatoms. The van der Waals surface area contributed by atoms with Crippen LogP contribution in [-0.4, -0.2) is 23.9 Å². The Morgan fingerprint density at radius 3 is 2.60 bits per heavy atom. The molecule has 2 aliphatic rings. The van der Waals surface area contributed by atoms with Crippen molar-refractivity contribution in [2.45, 2.75) is 25.4 Å². The van der Waals surface area contributed by atoms with E-state index in [-0.39, 0.29) is 5.56 Å². The Bertz CT molecular complexity index is 790. The quantitative estimate of drug-likeness (QED) is 0.743. The number of alkyl halides is 3. The zero-order valence-corrected chi connectivity index (χ0v) is 14.2. The highest BCUT2D eigenvalue weighted by atomic mass is 32.1. The lowest BCUT2D eigenvalue weighted by atomic mass is 10.0. The Balaban J connectivity index is 1.53. The molecule has 0 amide bonds. The summed E-state index contributed by atoms with van der Waals surface area (Å²) in [5.41, 5.74) is -0.765. The number of aromatic nitrogens is 1. The van der Waals surface area contributed by atoms with Gasteiger partial charge >= 0.3 is 6.18 Å². The fourth-order valence-corrected chi connectivity index (χ4v) is 4.78. The van der Waals surface area contributed by atoms with Gasteiger partial charge in [-0.25, -0.2) is 4.98 Å². The second-order valence-electron chi connectivity index (χ2n) is 6.77. The molecule has 1 aliphatic carbocycles. The minimum Gasteiger partial charge on any atom is -0.348 e. The zero-order chi connectivity index (χ0) is 17.6. The highest BCUT2D eigenvalue weighted by Gasteiger charge is 2.37. The van der Waals surface area contributed by atoms with E-state index in [2.05, 4.69) is 9.88 Å². The Morgan fingerprint density at radius 1 is 1.20 bits per heavy atom. The van der Waals surface area contributed by atoms with Crippen LogP contribution in [0, 0.1) is 11.8 Å². The number of fused-ring (bicyclic) bond motifs is 1. The van der Waals surface area contributed by atoms with Gasteiger partial charge in [-0.3, -0.25) is 4.79 Å². The normalized spacial score (nSPS) is 23.1. The van der Waals surface area contributed by atoms with Crippen molar-refractivity contribution >= 4 is 22.3 Å². The number of rotatable bonds is 3. The minimum atomic E-state index is -4.46. The Labute approximate surface area is 147 Å². The van der Waals surface area contributed by atoms with Crippen LogP contribution in [0.5, 0.6) is 0 Å². The average molecular weight is 366 g/mol. The molecule has 1 aliphatic heterocycles. The number of hydrogen-bond acceptors (Lipinski definition) is 4. The average Bonchev–Trinajstić information content (AvgIpc) is 3.28. The molecule has 1 saturated carbocycles. The fraction of sp³-hybridized carbons (Fsp3) is 0.444. The van der Waals surface area contributed by atoms with Gasteiger partial charge in [0.1, 0.15) is 0 Å². The van der Waals surface area contributed by atoms with E-state index in [1.54, 1.807) is 0 Å². The van der Waals surface area contributed by atoms with Gasteiger partial charge in [-0.15, -0.1) is 0 Å². The summed E-state index contributed by atoms with van der Waals surface area (Å²) in [4.78, 5) is 19.5. The van der Waals surface area contributed by atoms with Crippen LogP contribution in [0.3, 0.4) is 0 Å². The van der Waals surface area contributed by atoms with Gasteiger partial charge in [-0.05, 0) is 36.8 Å². The minimum absolute atomic E-state index is 0.0447. The van der Waals surface area contributed by atoms with Crippen LogP contribution >= 0.6 is 11.3 Å². The molecule has 0 bridgehead atoms. The number of halogens is 3. The molecule has 0 spiro atoms. The van der Waals surface area contributed by atoms with Crippen LogP contribution in [0.25, 0.3) is 0 Å². The number of anilines is 1. The molecule has 0 N–H and O–H groups in total. The van der Waals surface area contributed by atoms with Gasteiger partial charge in [0.25, 0.3) is 0 Å². The highest BCUT2D eigenvalue weighted by Crippen LogP contribution is 2.40. The summed E-state index contributed by atoms with van der Waals surface area (Å²) < 4.78 is 38.5. The molecule has 4 rings (SSSR count). The lowest BCUT2D eigenvalue weighted by Gasteiger charge is -2.15. The third kappa shape index (κ3) is 3.17. The van der Waals surface area contributed by atoms with Crippen LogP contribution < -0.4 is 4.90 Å². The van der Waals surface area contributed by atoms with E-state index >= 15 is 0 Å². The molecule has 2 heterocycles. The third-order valence-corrected chi connectivity index (χ3v) is 6.22. The van der Waals surface area contributed by atoms with Crippen molar-refractivity contribution in [1.82, 2.24) is 4.98 Å². The number of nitrogens with zero attached hydrogens (tertiary/aromatic N) is 2. The summed E-state index contributed by atoms with van der Waals surface area (Å²) in [6.07, 6.45) is 0.824. The molecule has 132 valence electrons. The summed E-state index contributed by atoms with van der Waals surface area (Å²) in [7, 11) is 0. The van der Waals surface area contributed by atoms with Crippen molar-refractivity contribution in [1.29, 1.82) is 0 Å². The largest absolute Gasteiger partial charge is 0.416 e. The number of benzene rings is 1. The van der Waals surface area contributed by atoms with Crippen molar-refractivity contribution < 1.29 is 18.0 Å². The fourth-order valence-electron chi connectivity index (χ4n) is 3.89. The molecule has 0 radical (unpaired) electrons. The first-order valence-electron chi connectivity index (χ1n) is 8.34. The summed E-state index contributed by atoms with van der Waals surface area (Å²) in [6, 6.07) is 4.55. The first-order valence-corrected chi connectivity index (χ1v) is 9.16. The Hall–Kier alpha value is -1.89. The van der Waals surface area contributed by atoms with E-state index in [1.807, 2.05) is 0 Å². The molecule has 25 heavy (non-hydrogen) atoms. The van der Waals surface area contributed by atoms with E-state index in [0.29, 0.717) is 16.7 Å². The standard InChI is InChI=1S/C18H17F3N2OS/c19-18(20,21)14-6-2-3-11(7-14)16(24)15-8-22-17(25-15)23-9-12-4-1-5-13(12)10-23/h2-3,6-8,12-13H,1,4-5,9-10H2. The number of carbonyl (C=O) groups is 1. The van der Waals surface area contributed by atoms with E-state index in [1.165, 1.54) is 48.9 Å². The van der Waals surface area contributed by atoms with Crippen molar-refractivity contribution in [2.24, 2.45) is 11.8 Å². The topological polar surface area (TPSA) is 33.2 Å². The van der Waals surface area contributed by atoms with Gasteiger partial charge in [0.2, 0.25) is 5.78 Å². The molecule has 2 aromatic rings. The highest BCUT2D eigenvalue weighted by molar-refractivity contribution is 7.17. The van der Waals surface area contributed by atoms with Gasteiger partial charge in [-0.1, -0.05) is 29.9 Å². The molecule has 1 aromatic carbocycles. The number of carbonyl (C=O) groups excluding carboxylic acids is 1. The summed E-state index contributed by atoms with van der Waals surface area (Å²) in [6.45, 7) is 1.94. The molecular weight excluding hydrogens is 349 g/mol. The second-order valence-corrected chi connectivity index (χ2v) is 7.78. The van der Waals surface area contributed by atoms with Gasteiger partial charge in [0.15, 0.2) is 5.13 Å². The van der Waals surface area contributed by atoms with Crippen LogP contribution in [0.15, 0.2) is 30.5 Å². The van der Waals surface area contributed by atoms with Gasteiger partial charge < -0.3 is 4.90 Å². The predicted octanol–water partition coefficient (Wildman–Crippen LogP) is 4.63. The molecule has 2 unspecified atom stereocenters. The first-order chi connectivity index (χ1) is 11.9. The van der Waals surface area contributed by atoms with E-state index in [9.17, 15) is 18.0 Å². The third-order valence-electron chi connectivity index (χ3n) is 5.17. The molecule has 3 nitrogen and oxygen atoms in total. The molecular formula is C18H17F3N2OS. The maximum atomic E-state index is 12.8. The SMILES string of the molecule is O=C(c1cccc(C(F)(F)F)c1)c1cnc(N2CC3CCCC3C2)s1. The van der Waals surface area contributed by atoms with Gasteiger partial charge in [0, 0.05) is 18.7 Å². The summed E-state index contributed by atoms with van der Waals surface area (Å²) in [5.74, 6) is 1.02. The van der Waals surface area contributed by atoms with Crippen LogP contribution in [-0.2, 0) is 6.18 Å². The predicted molar refractivity (Wildman–Crippen MR) is 90.0 cm³/mol. The van der Waals surface area contributed by atoms with Gasteiger partial charge in [0.05, 0.1) is 16.6 Å². The monoisotopic (exact) mass is 366 g/mol. The van der Waals surface area contributed by atoms with Crippen molar-refractivity contribution in [2.75, 3.05) is 18.0 Å². The maximum absolute atomic E-state index is 12.8. The van der Waals surface area contributed by atoms with Crippen LogP contribution in [0.4, 0.5) is 18.3 Å². The Kier molecular flexibility index (Phi) is 4.06. The zero-order valence-electron chi connectivity index (χ0n) is 13.4. The second kappa shape index (κ2) is 6.12. The van der Waals surface area contributed by atoms with E-state index in [4.69, 9.17) is 0 Å². The van der Waals surface area contributed by atoms with Crippen molar-refractivity contribution in [3.8, 4) is 0 Å². The maximum Gasteiger partial charge on any atom is 0.416 e. The number of ketones is 1. The molecule has 2 atom stereocenters. The number of thiazole rings is 1. The van der Waals surface area contributed by atoms with E-state index < -0.39 is 17.5 Å². The Morgan fingerprint density at radius 2 is 1.92 bits per heavy atom. The van der Waals surface area contributed by atoms with Crippen molar-refractivity contribution in [3.63, 3.8) is 0 Å². The first kappa shape index (κ1) is 16.6. The van der Waals surface area contributed by atoms with Crippen LogP contribution in [0.2, 0.25) is 0 Å². The molecule has 1 aromatic heterocycles. The molecule has 1 saturated heterocycles. The number of hydrogen-bond donors (Lipinski definition) is 0. The van der Waals surface area contributed by atoms with Crippen LogP contribution in [0.1, 0.15) is 40.1 Å². The molecule has 2 fully saturated rings.